The third-order valence-electron chi connectivity index (χ3n) is 4.18. The van der Waals surface area contributed by atoms with Gasteiger partial charge in [-0.1, -0.05) is 90.8 Å². The van der Waals surface area contributed by atoms with E-state index in [-0.39, 0.29) is 5.75 Å². The fourth-order valence-corrected chi connectivity index (χ4v) is 10.4. The summed E-state index contributed by atoms with van der Waals surface area (Å²) in [6.07, 6.45) is 2.35. The molecule has 2 rings (SSSR count). The van der Waals surface area contributed by atoms with Crippen molar-refractivity contribution in [1.82, 2.24) is 0 Å². The zero-order valence-corrected chi connectivity index (χ0v) is 15.4. The molecule has 0 aliphatic carbocycles. The van der Waals surface area contributed by atoms with Gasteiger partial charge in [0.25, 0.3) is 0 Å². The smallest absolute Gasteiger partial charge is 0.313 e. The first-order valence-electron chi connectivity index (χ1n) is 8.09. The highest BCUT2D eigenvalue weighted by molar-refractivity contribution is 8.01. The highest BCUT2D eigenvalue weighted by atomic mass is 32.2. The molecular formula is C19H24O2SSi. The number of hydrogen-bond donors (Lipinski definition) is 1. The highest BCUT2D eigenvalue weighted by Gasteiger charge is 2.36. The molecule has 122 valence electrons. The number of aliphatic carboxylic acids is 1. The van der Waals surface area contributed by atoms with Crippen molar-refractivity contribution < 1.29 is 9.90 Å². The van der Waals surface area contributed by atoms with Crippen molar-refractivity contribution in [2.24, 2.45) is 0 Å². The van der Waals surface area contributed by atoms with Gasteiger partial charge >= 0.3 is 5.97 Å². The Bertz CT molecular complexity index is 562. The Labute approximate surface area is 144 Å². The van der Waals surface area contributed by atoms with Gasteiger partial charge in [0.2, 0.25) is 0 Å². The Morgan fingerprint density at radius 2 is 1.52 bits per heavy atom. The first kappa shape index (κ1) is 17.8. The van der Waals surface area contributed by atoms with E-state index in [2.05, 4.69) is 67.6 Å². The number of hydrogen-bond acceptors (Lipinski definition) is 2. The van der Waals surface area contributed by atoms with Crippen LogP contribution in [0.5, 0.6) is 0 Å². The zero-order valence-electron chi connectivity index (χ0n) is 13.6. The lowest BCUT2D eigenvalue weighted by Gasteiger charge is -2.33. The Hall–Kier alpha value is -1.52. The molecule has 0 radical (unpaired) electrons. The lowest BCUT2D eigenvalue weighted by molar-refractivity contribution is -0.133. The maximum Gasteiger partial charge on any atom is 0.313 e. The zero-order chi connectivity index (χ0) is 16.5. The first-order chi connectivity index (χ1) is 11.2. The monoisotopic (exact) mass is 344 g/mol. The second kappa shape index (κ2) is 8.94. The third kappa shape index (κ3) is 4.72. The average Bonchev–Trinajstić information content (AvgIpc) is 2.59. The second-order valence-corrected chi connectivity index (χ2v) is 11.5. The second-order valence-electron chi connectivity index (χ2n) is 5.80. The molecule has 0 bridgehead atoms. The SMILES string of the molecule is CCCC[Si](CSCC(=O)O)(c1ccccc1)c1ccccc1. The summed E-state index contributed by atoms with van der Waals surface area (Å²) in [5.74, 6) is -0.546. The minimum atomic E-state index is -1.94. The summed E-state index contributed by atoms with van der Waals surface area (Å²) < 4.78 is 0. The van der Waals surface area contributed by atoms with Crippen LogP contribution >= 0.6 is 11.8 Å². The normalized spacial score (nSPS) is 11.3. The molecule has 0 amide bonds. The van der Waals surface area contributed by atoms with Crippen LogP contribution < -0.4 is 10.4 Å². The van der Waals surface area contributed by atoms with Crippen LogP contribution in [0.1, 0.15) is 19.8 Å². The van der Waals surface area contributed by atoms with Crippen LogP contribution in [0.3, 0.4) is 0 Å². The standard InChI is InChI=1S/C19H24O2SSi/c1-2-3-14-23(16-22-15-19(20)21,17-10-6-4-7-11-17)18-12-8-5-9-13-18/h4-13H,2-3,14-16H2,1H3,(H,20,21). The van der Waals surface area contributed by atoms with Crippen molar-refractivity contribution in [1.29, 1.82) is 0 Å². The molecule has 2 aromatic rings. The van der Waals surface area contributed by atoms with Crippen molar-refractivity contribution in [2.45, 2.75) is 25.8 Å². The summed E-state index contributed by atoms with van der Waals surface area (Å²) in [5, 5.41) is 12.8. The van der Waals surface area contributed by atoms with Crippen molar-refractivity contribution in [3.8, 4) is 0 Å². The van der Waals surface area contributed by atoms with Gasteiger partial charge in [-0.2, -0.15) is 11.8 Å². The van der Waals surface area contributed by atoms with Gasteiger partial charge in [0.05, 0.1) is 5.75 Å². The van der Waals surface area contributed by atoms with Crippen LogP contribution in [0.4, 0.5) is 0 Å². The number of thioether (sulfide) groups is 1. The maximum atomic E-state index is 11.0. The van der Waals surface area contributed by atoms with Crippen LogP contribution in [0.15, 0.2) is 60.7 Å². The van der Waals surface area contributed by atoms with E-state index in [0.29, 0.717) is 0 Å². The van der Waals surface area contributed by atoms with Gasteiger partial charge in [-0.05, 0) is 11.4 Å². The molecule has 0 unspecified atom stereocenters. The Morgan fingerprint density at radius 3 is 1.96 bits per heavy atom. The minimum Gasteiger partial charge on any atom is -0.481 e. The third-order valence-corrected chi connectivity index (χ3v) is 11.5. The number of carboxylic acids is 1. The summed E-state index contributed by atoms with van der Waals surface area (Å²) in [6.45, 7) is 2.22. The van der Waals surface area contributed by atoms with E-state index in [4.69, 9.17) is 5.11 Å². The van der Waals surface area contributed by atoms with E-state index < -0.39 is 14.0 Å². The summed E-state index contributed by atoms with van der Waals surface area (Å²) in [4.78, 5) is 11.0. The summed E-state index contributed by atoms with van der Waals surface area (Å²) in [6, 6.07) is 22.6. The van der Waals surface area contributed by atoms with Gasteiger partial charge in [-0.3, -0.25) is 4.79 Å². The minimum absolute atomic E-state index is 0.181. The van der Waals surface area contributed by atoms with Crippen LogP contribution in [0, 0.1) is 0 Å². The van der Waals surface area contributed by atoms with E-state index in [1.54, 1.807) is 11.8 Å². The van der Waals surface area contributed by atoms with Gasteiger partial charge in [0, 0.05) is 0 Å². The Balaban J connectivity index is 2.42. The van der Waals surface area contributed by atoms with Crippen molar-refractivity contribution in [2.75, 3.05) is 11.1 Å². The van der Waals surface area contributed by atoms with E-state index in [1.165, 1.54) is 22.8 Å². The van der Waals surface area contributed by atoms with Crippen molar-refractivity contribution >= 4 is 36.2 Å². The molecule has 0 aliphatic heterocycles. The van der Waals surface area contributed by atoms with Gasteiger partial charge < -0.3 is 5.11 Å². The lowest BCUT2D eigenvalue weighted by Crippen LogP contribution is -2.60. The molecule has 0 saturated heterocycles. The van der Waals surface area contributed by atoms with Gasteiger partial charge in [-0.25, -0.2) is 0 Å². The van der Waals surface area contributed by atoms with Crippen LogP contribution in [0.2, 0.25) is 6.04 Å². The maximum absolute atomic E-state index is 11.0. The first-order valence-corrected chi connectivity index (χ1v) is 11.7. The molecule has 0 fully saturated rings. The number of carboxylic acid groups (broad SMARTS) is 1. The van der Waals surface area contributed by atoms with Gasteiger partial charge in [0.15, 0.2) is 0 Å². The summed E-state index contributed by atoms with van der Waals surface area (Å²) >= 11 is 1.57. The van der Waals surface area contributed by atoms with Crippen LogP contribution in [-0.4, -0.2) is 30.3 Å². The van der Waals surface area contributed by atoms with Gasteiger partial charge in [-0.15, -0.1) is 0 Å². The average molecular weight is 345 g/mol. The molecule has 0 spiro atoms. The molecule has 2 aromatic carbocycles. The molecule has 2 nitrogen and oxygen atoms in total. The predicted molar refractivity (Wildman–Crippen MR) is 103 cm³/mol. The Morgan fingerprint density at radius 1 is 1.00 bits per heavy atom. The fourth-order valence-electron chi connectivity index (χ4n) is 3.00. The number of carbonyl (C=O) groups is 1. The Kier molecular flexibility index (Phi) is 6.93. The van der Waals surface area contributed by atoms with Crippen molar-refractivity contribution in [3.63, 3.8) is 0 Å². The molecular weight excluding hydrogens is 320 g/mol. The van der Waals surface area contributed by atoms with Crippen molar-refractivity contribution in [3.05, 3.63) is 60.7 Å². The molecule has 1 N–H and O–H groups in total. The van der Waals surface area contributed by atoms with E-state index in [9.17, 15) is 4.79 Å². The van der Waals surface area contributed by atoms with Gasteiger partial charge in [0.1, 0.15) is 8.07 Å². The summed E-state index contributed by atoms with van der Waals surface area (Å²) in [5.41, 5.74) is 0. The number of unbranched alkanes of at least 4 members (excludes halogenated alkanes) is 1. The number of benzene rings is 2. The molecule has 0 saturated carbocycles. The summed E-state index contributed by atoms with van der Waals surface area (Å²) in [7, 11) is -1.94. The molecule has 0 atom stereocenters. The fraction of sp³-hybridized carbons (Fsp3) is 0.316. The molecule has 4 heteroatoms. The predicted octanol–water partition coefficient (Wildman–Crippen LogP) is 3.41. The molecule has 23 heavy (non-hydrogen) atoms. The van der Waals surface area contributed by atoms with Crippen LogP contribution in [0.25, 0.3) is 0 Å². The van der Waals surface area contributed by atoms with Crippen LogP contribution in [-0.2, 0) is 4.79 Å². The molecule has 0 aliphatic rings. The van der Waals surface area contributed by atoms with E-state index >= 15 is 0 Å². The lowest BCUT2D eigenvalue weighted by atomic mass is 10.4. The van der Waals surface area contributed by atoms with E-state index in [1.807, 2.05) is 0 Å². The largest absolute Gasteiger partial charge is 0.481 e. The molecule has 0 heterocycles. The number of rotatable bonds is 9. The highest BCUT2D eigenvalue weighted by Crippen LogP contribution is 2.20. The quantitative estimate of drug-likeness (QED) is 0.708. The topological polar surface area (TPSA) is 37.3 Å². The molecule has 0 aromatic heterocycles. The van der Waals surface area contributed by atoms with E-state index in [0.717, 1.165) is 11.8 Å².